The molecule has 212 valence electrons. The van der Waals surface area contributed by atoms with Gasteiger partial charge in [0.25, 0.3) is 0 Å². The normalized spacial score (nSPS) is 20.1. The number of benzene rings is 1. The fourth-order valence-corrected chi connectivity index (χ4v) is 6.42. The van der Waals surface area contributed by atoms with Crippen LogP contribution in [0.3, 0.4) is 0 Å². The van der Waals surface area contributed by atoms with Gasteiger partial charge in [0.05, 0.1) is 12.0 Å². The average Bonchev–Trinajstić information content (AvgIpc) is 3.41. The van der Waals surface area contributed by atoms with Crippen LogP contribution >= 0.6 is 47.8 Å². The van der Waals surface area contributed by atoms with Gasteiger partial charge < -0.3 is 24.3 Å². The quantitative estimate of drug-likeness (QED) is 0.263. The number of imidazole rings is 1. The molecule has 4 rings (SSSR count). The summed E-state index contributed by atoms with van der Waals surface area (Å²) in [6.07, 6.45) is -1.73. The van der Waals surface area contributed by atoms with E-state index in [0.717, 1.165) is 4.47 Å². The zero-order chi connectivity index (χ0) is 29.1. The number of nitrogens with one attached hydrogen (secondary N) is 2. The van der Waals surface area contributed by atoms with Gasteiger partial charge in [0, 0.05) is 34.2 Å². The van der Waals surface area contributed by atoms with Crippen molar-refractivity contribution in [1.29, 1.82) is 0 Å². The van der Waals surface area contributed by atoms with Crippen molar-refractivity contribution in [3.05, 3.63) is 38.2 Å². The Labute approximate surface area is 251 Å². The molecule has 17 heteroatoms. The molecule has 2 aromatic heterocycles. The maximum atomic E-state index is 12.8. The lowest BCUT2D eigenvalue weighted by Crippen LogP contribution is -2.40. The van der Waals surface area contributed by atoms with E-state index in [-0.39, 0.29) is 23.6 Å². The van der Waals surface area contributed by atoms with E-state index in [9.17, 15) is 19.2 Å². The molecule has 0 spiro atoms. The van der Waals surface area contributed by atoms with Gasteiger partial charge in [0.1, 0.15) is 19.0 Å². The Hall–Kier alpha value is -3.15. The molecule has 1 aliphatic rings. The summed E-state index contributed by atoms with van der Waals surface area (Å²) in [5.41, 5.74) is 0.896. The fourth-order valence-electron chi connectivity index (χ4n) is 3.96. The molecule has 1 aliphatic heterocycles. The number of carbonyl (C=O) groups is 4. The number of aromatic nitrogens is 4. The van der Waals surface area contributed by atoms with Crippen molar-refractivity contribution in [3.8, 4) is 0 Å². The number of rotatable bonds is 7. The summed E-state index contributed by atoms with van der Waals surface area (Å²) < 4.78 is 25.5. The van der Waals surface area contributed by atoms with Gasteiger partial charge in [-0.2, -0.15) is 0 Å². The largest absolute Gasteiger partial charge is 0.463 e. The summed E-state index contributed by atoms with van der Waals surface area (Å²) in [4.78, 5) is 60.7. The fraction of sp³-hybridized carbons (Fsp3) is 0.348. The molecule has 40 heavy (non-hydrogen) atoms. The SMILES string of the molecule is CC(=O)OC[C@H]1O[C@@H](n2cnc3c(NC(=O)Nc4c(Br)cc(Br)cc4Br)ncnc32)[C@H](OC(C)=O)[C@@H]1OC(C)=O. The average molecular weight is 749 g/mol. The molecule has 0 aliphatic carbocycles. The van der Waals surface area contributed by atoms with Crippen LogP contribution in [0.4, 0.5) is 16.3 Å². The molecule has 3 heterocycles. The summed E-state index contributed by atoms with van der Waals surface area (Å²) in [5, 5.41) is 5.37. The van der Waals surface area contributed by atoms with Crippen LogP contribution in [0.5, 0.6) is 0 Å². The molecule has 0 radical (unpaired) electrons. The number of anilines is 2. The summed E-state index contributed by atoms with van der Waals surface area (Å²) in [7, 11) is 0. The Morgan fingerprint density at radius 3 is 2.20 bits per heavy atom. The first kappa shape index (κ1) is 29.8. The molecular formula is C23H21Br3N6O8. The third kappa shape index (κ3) is 6.76. The second kappa shape index (κ2) is 12.6. The first-order valence-corrected chi connectivity index (χ1v) is 13.9. The second-order valence-electron chi connectivity index (χ2n) is 8.39. The standard InChI is InChI=1S/C23H21Br3N6O8/c1-9(33)37-6-15-18(38-10(2)34)19(39-11(3)35)22(40-15)32-8-29-17-20(27-7-28-21(17)32)31-23(36)30-16-13(25)4-12(24)5-14(16)26/h4-5,7-8,15,18-19,22H,6H2,1-3H3,(H2,27,28,30,31,36)/t15-,18-,19-,22-/m1/s1. The molecule has 1 aromatic carbocycles. The molecule has 0 bridgehead atoms. The van der Waals surface area contributed by atoms with Gasteiger partial charge in [-0.3, -0.25) is 24.3 Å². The molecule has 0 unspecified atom stereocenters. The third-order valence-electron chi connectivity index (χ3n) is 5.45. The van der Waals surface area contributed by atoms with Gasteiger partial charge in [-0.05, 0) is 44.0 Å². The Bertz CT molecular complexity index is 1460. The van der Waals surface area contributed by atoms with Crippen molar-refractivity contribution in [2.24, 2.45) is 0 Å². The van der Waals surface area contributed by atoms with E-state index in [0.29, 0.717) is 14.6 Å². The highest BCUT2D eigenvalue weighted by atomic mass is 79.9. The summed E-state index contributed by atoms with van der Waals surface area (Å²) in [5.74, 6) is -1.80. The van der Waals surface area contributed by atoms with Crippen molar-refractivity contribution >= 4 is 94.4 Å². The summed E-state index contributed by atoms with van der Waals surface area (Å²) in [6.45, 7) is 3.33. The minimum Gasteiger partial charge on any atom is -0.463 e. The maximum Gasteiger partial charge on any atom is 0.324 e. The van der Waals surface area contributed by atoms with Crippen LogP contribution in [-0.4, -0.2) is 68.4 Å². The zero-order valence-electron chi connectivity index (χ0n) is 21.0. The molecule has 14 nitrogen and oxygen atoms in total. The lowest BCUT2D eigenvalue weighted by atomic mass is 10.1. The number of nitrogens with zero attached hydrogens (tertiary/aromatic N) is 4. The van der Waals surface area contributed by atoms with Crippen LogP contribution in [0.15, 0.2) is 38.2 Å². The lowest BCUT2D eigenvalue weighted by Gasteiger charge is -2.23. The highest BCUT2D eigenvalue weighted by Gasteiger charge is 2.51. The molecule has 0 saturated carbocycles. The number of fused-ring (bicyclic) bond motifs is 1. The number of urea groups is 1. The monoisotopic (exact) mass is 746 g/mol. The smallest absolute Gasteiger partial charge is 0.324 e. The number of halogens is 3. The van der Waals surface area contributed by atoms with Gasteiger partial charge in [-0.25, -0.2) is 19.7 Å². The minimum absolute atomic E-state index is 0.0839. The number of hydrogen-bond donors (Lipinski definition) is 2. The van der Waals surface area contributed by atoms with E-state index in [1.165, 1.54) is 38.0 Å². The van der Waals surface area contributed by atoms with E-state index in [4.69, 9.17) is 18.9 Å². The molecule has 1 fully saturated rings. The van der Waals surface area contributed by atoms with Gasteiger partial charge in [0.15, 0.2) is 35.4 Å². The van der Waals surface area contributed by atoms with Crippen LogP contribution in [0.1, 0.15) is 27.0 Å². The van der Waals surface area contributed by atoms with Gasteiger partial charge in [-0.1, -0.05) is 15.9 Å². The predicted octanol–water partition coefficient (Wildman–Crippen LogP) is 4.08. The van der Waals surface area contributed by atoms with Crippen LogP contribution < -0.4 is 10.6 Å². The summed E-state index contributed by atoms with van der Waals surface area (Å²) in [6, 6.07) is 2.93. The van der Waals surface area contributed by atoms with Crippen LogP contribution in [0, 0.1) is 0 Å². The first-order chi connectivity index (χ1) is 18.9. The number of hydrogen-bond acceptors (Lipinski definition) is 11. The Kier molecular flexibility index (Phi) is 9.37. The third-order valence-corrected chi connectivity index (χ3v) is 7.16. The lowest BCUT2D eigenvalue weighted by molar-refractivity contribution is -0.166. The van der Waals surface area contributed by atoms with Crippen molar-refractivity contribution in [2.75, 3.05) is 17.2 Å². The number of amides is 2. The van der Waals surface area contributed by atoms with Crippen molar-refractivity contribution < 1.29 is 38.1 Å². The number of ether oxygens (including phenoxy) is 4. The van der Waals surface area contributed by atoms with E-state index in [2.05, 4.69) is 73.4 Å². The highest BCUT2D eigenvalue weighted by Crippen LogP contribution is 2.37. The highest BCUT2D eigenvalue weighted by molar-refractivity contribution is 9.11. The van der Waals surface area contributed by atoms with E-state index >= 15 is 0 Å². The Morgan fingerprint density at radius 1 is 0.925 bits per heavy atom. The molecular weight excluding hydrogens is 728 g/mol. The Morgan fingerprint density at radius 2 is 1.57 bits per heavy atom. The summed E-state index contributed by atoms with van der Waals surface area (Å²) >= 11 is 10.2. The predicted molar refractivity (Wildman–Crippen MR) is 149 cm³/mol. The van der Waals surface area contributed by atoms with Crippen molar-refractivity contribution in [2.45, 2.75) is 45.3 Å². The van der Waals surface area contributed by atoms with Crippen molar-refractivity contribution in [1.82, 2.24) is 19.5 Å². The first-order valence-electron chi connectivity index (χ1n) is 11.5. The molecule has 3 aromatic rings. The van der Waals surface area contributed by atoms with Crippen LogP contribution in [0.25, 0.3) is 11.2 Å². The van der Waals surface area contributed by atoms with E-state index in [1.807, 2.05) is 0 Å². The van der Waals surface area contributed by atoms with Gasteiger partial charge in [-0.15, -0.1) is 0 Å². The van der Waals surface area contributed by atoms with Crippen molar-refractivity contribution in [3.63, 3.8) is 0 Å². The zero-order valence-corrected chi connectivity index (χ0v) is 25.8. The number of esters is 3. The van der Waals surface area contributed by atoms with Gasteiger partial charge in [0.2, 0.25) is 0 Å². The van der Waals surface area contributed by atoms with Crippen LogP contribution in [0.2, 0.25) is 0 Å². The molecule has 2 amide bonds. The van der Waals surface area contributed by atoms with Crippen LogP contribution in [-0.2, 0) is 33.3 Å². The number of carbonyl (C=O) groups excluding carboxylic acids is 4. The minimum atomic E-state index is -1.14. The van der Waals surface area contributed by atoms with E-state index in [1.54, 1.807) is 12.1 Å². The molecule has 2 N–H and O–H groups in total. The topological polar surface area (TPSA) is 173 Å². The second-order valence-corrected chi connectivity index (χ2v) is 11.0. The van der Waals surface area contributed by atoms with E-state index < -0.39 is 48.5 Å². The molecule has 4 atom stereocenters. The Balaban J connectivity index is 1.64. The maximum absolute atomic E-state index is 12.8. The van der Waals surface area contributed by atoms with Gasteiger partial charge >= 0.3 is 23.9 Å². The molecule has 1 saturated heterocycles.